The van der Waals surface area contributed by atoms with Gasteiger partial charge in [0.15, 0.2) is 0 Å². The minimum atomic E-state index is -0.0704. The second-order valence-electron chi connectivity index (χ2n) is 5.68. The van der Waals surface area contributed by atoms with Crippen LogP contribution in [0.5, 0.6) is 0 Å². The number of anilines is 1. The van der Waals surface area contributed by atoms with Gasteiger partial charge in [-0.25, -0.2) is 9.97 Å². The van der Waals surface area contributed by atoms with E-state index in [0.717, 1.165) is 43.9 Å². The quantitative estimate of drug-likeness (QED) is 0.860. The van der Waals surface area contributed by atoms with Crippen molar-refractivity contribution >= 4 is 17.4 Å². The lowest BCUT2D eigenvalue weighted by Gasteiger charge is -2.36. The third-order valence-corrected chi connectivity index (χ3v) is 3.46. The molecule has 1 aromatic heterocycles. The third kappa shape index (κ3) is 4.32. The van der Waals surface area contributed by atoms with Crippen LogP contribution in [0, 0.1) is 0 Å². The molecule has 1 fully saturated rings. The van der Waals surface area contributed by atoms with E-state index in [1.165, 1.54) is 0 Å². The number of ether oxygens (including phenoxy) is 1. The lowest BCUT2D eigenvalue weighted by molar-refractivity contribution is -0.0553. The van der Waals surface area contributed by atoms with Crippen LogP contribution in [0.4, 0.5) is 5.82 Å². The van der Waals surface area contributed by atoms with Gasteiger partial charge in [-0.2, -0.15) is 0 Å². The van der Waals surface area contributed by atoms with E-state index in [9.17, 15) is 0 Å². The smallest absolute Gasteiger partial charge is 0.134 e. The predicted molar refractivity (Wildman–Crippen MR) is 77.7 cm³/mol. The molecule has 1 unspecified atom stereocenters. The number of rotatable bonds is 4. The van der Waals surface area contributed by atoms with Crippen LogP contribution in [0.1, 0.15) is 45.9 Å². The zero-order valence-corrected chi connectivity index (χ0v) is 12.6. The standard InChI is InChI=1S/C14H22ClN3O/c1-4-5-12-17-11(15)8-13(18-12)16-10-6-7-19-14(2,3)9-10/h8,10H,4-7,9H2,1-3H3,(H,16,17,18). The number of nitrogens with one attached hydrogen (secondary N) is 1. The number of aromatic nitrogens is 2. The van der Waals surface area contributed by atoms with E-state index < -0.39 is 0 Å². The molecule has 1 N–H and O–H groups in total. The first kappa shape index (κ1) is 14.5. The van der Waals surface area contributed by atoms with Gasteiger partial charge in [-0.15, -0.1) is 0 Å². The average molecular weight is 284 g/mol. The number of hydrogen-bond donors (Lipinski definition) is 1. The lowest BCUT2D eigenvalue weighted by Crippen LogP contribution is -2.40. The molecular formula is C14H22ClN3O. The van der Waals surface area contributed by atoms with Crippen molar-refractivity contribution in [2.45, 2.75) is 58.1 Å². The number of hydrogen-bond acceptors (Lipinski definition) is 4. The van der Waals surface area contributed by atoms with Crippen LogP contribution in [-0.4, -0.2) is 28.2 Å². The molecule has 2 rings (SSSR count). The third-order valence-electron chi connectivity index (χ3n) is 3.26. The maximum Gasteiger partial charge on any atom is 0.134 e. The van der Waals surface area contributed by atoms with Gasteiger partial charge in [0.05, 0.1) is 5.60 Å². The Morgan fingerprint density at radius 2 is 2.26 bits per heavy atom. The van der Waals surface area contributed by atoms with Crippen LogP contribution in [0.15, 0.2) is 6.07 Å². The molecule has 0 amide bonds. The van der Waals surface area contributed by atoms with Crippen molar-refractivity contribution in [3.63, 3.8) is 0 Å². The van der Waals surface area contributed by atoms with Gasteiger partial charge in [0.1, 0.15) is 16.8 Å². The van der Waals surface area contributed by atoms with Crippen LogP contribution in [0.25, 0.3) is 0 Å². The summed E-state index contributed by atoms with van der Waals surface area (Å²) in [5.74, 6) is 1.63. The van der Waals surface area contributed by atoms with Crippen molar-refractivity contribution in [1.82, 2.24) is 9.97 Å². The summed E-state index contributed by atoms with van der Waals surface area (Å²) < 4.78 is 5.72. The van der Waals surface area contributed by atoms with Gasteiger partial charge in [-0.3, -0.25) is 0 Å². The molecule has 1 atom stereocenters. The Hall–Kier alpha value is -0.870. The van der Waals surface area contributed by atoms with Crippen LogP contribution in [-0.2, 0) is 11.2 Å². The van der Waals surface area contributed by atoms with Crippen LogP contribution < -0.4 is 5.32 Å². The summed E-state index contributed by atoms with van der Waals surface area (Å²) >= 11 is 6.04. The number of halogens is 1. The first-order valence-corrected chi connectivity index (χ1v) is 7.30. The molecule has 0 aliphatic carbocycles. The maximum atomic E-state index is 6.04. The highest BCUT2D eigenvalue weighted by atomic mass is 35.5. The Bertz CT molecular complexity index is 437. The normalized spacial score (nSPS) is 22.2. The van der Waals surface area contributed by atoms with E-state index in [-0.39, 0.29) is 5.60 Å². The van der Waals surface area contributed by atoms with E-state index in [1.54, 1.807) is 6.07 Å². The minimum Gasteiger partial charge on any atom is -0.375 e. The number of nitrogens with zero attached hydrogens (tertiary/aromatic N) is 2. The van der Waals surface area contributed by atoms with E-state index in [2.05, 4.69) is 36.1 Å². The van der Waals surface area contributed by atoms with Crippen molar-refractivity contribution in [2.75, 3.05) is 11.9 Å². The Balaban J connectivity index is 2.06. The van der Waals surface area contributed by atoms with Crippen LogP contribution >= 0.6 is 11.6 Å². The second-order valence-corrected chi connectivity index (χ2v) is 6.07. The summed E-state index contributed by atoms with van der Waals surface area (Å²) in [5.41, 5.74) is -0.0704. The summed E-state index contributed by atoms with van der Waals surface area (Å²) in [7, 11) is 0. The fourth-order valence-electron chi connectivity index (χ4n) is 2.44. The predicted octanol–water partition coefficient (Wildman–Crippen LogP) is 3.45. The molecule has 0 spiro atoms. The van der Waals surface area contributed by atoms with E-state index in [0.29, 0.717) is 11.2 Å². The summed E-state index contributed by atoms with van der Waals surface area (Å²) in [6.07, 6.45) is 3.84. The fourth-order valence-corrected chi connectivity index (χ4v) is 2.64. The molecule has 2 heterocycles. The first-order chi connectivity index (χ1) is 8.98. The minimum absolute atomic E-state index is 0.0704. The Kier molecular flexibility index (Phi) is 4.63. The maximum absolute atomic E-state index is 6.04. The van der Waals surface area contributed by atoms with Crippen molar-refractivity contribution in [2.24, 2.45) is 0 Å². The highest BCUT2D eigenvalue weighted by molar-refractivity contribution is 6.29. The molecule has 1 saturated heterocycles. The van der Waals surface area contributed by atoms with Crippen molar-refractivity contribution in [3.8, 4) is 0 Å². The Labute approximate surface area is 119 Å². The molecule has 19 heavy (non-hydrogen) atoms. The average Bonchev–Trinajstić information content (AvgIpc) is 2.26. The van der Waals surface area contributed by atoms with Gasteiger partial charge in [0.2, 0.25) is 0 Å². The molecule has 1 aliphatic rings. The van der Waals surface area contributed by atoms with Gasteiger partial charge in [0, 0.05) is 25.1 Å². The molecule has 0 radical (unpaired) electrons. The summed E-state index contributed by atoms with van der Waals surface area (Å²) in [6, 6.07) is 2.17. The molecular weight excluding hydrogens is 262 g/mol. The van der Waals surface area contributed by atoms with Crippen molar-refractivity contribution in [1.29, 1.82) is 0 Å². The molecule has 0 aromatic carbocycles. The summed E-state index contributed by atoms with van der Waals surface area (Å²) in [5, 5.41) is 3.97. The van der Waals surface area contributed by atoms with Gasteiger partial charge >= 0.3 is 0 Å². The summed E-state index contributed by atoms with van der Waals surface area (Å²) in [6.45, 7) is 7.14. The van der Waals surface area contributed by atoms with Crippen LogP contribution in [0.2, 0.25) is 5.15 Å². The zero-order chi connectivity index (χ0) is 13.9. The topological polar surface area (TPSA) is 47.0 Å². The van der Waals surface area contributed by atoms with Crippen molar-refractivity contribution < 1.29 is 4.74 Å². The highest BCUT2D eigenvalue weighted by Crippen LogP contribution is 2.26. The van der Waals surface area contributed by atoms with Gasteiger partial charge in [0.25, 0.3) is 0 Å². The molecule has 0 saturated carbocycles. The molecule has 106 valence electrons. The number of aryl methyl sites for hydroxylation is 1. The van der Waals surface area contributed by atoms with Gasteiger partial charge in [-0.1, -0.05) is 18.5 Å². The fraction of sp³-hybridized carbons (Fsp3) is 0.714. The highest BCUT2D eigenvalue weighted by Gasteiger charge is 2.28. The monoisotopic (exact) mass is 283 g/mol. The Morgan fingerprint density at radius 3 is 2.95 bits per heavy atom. The molecule has 5 heteroatoms. The second kappa shape index (κ2) is 6.06. The van der Waals surface area contributed by atoms with E-state index >= 15 is 0 Å². The largest absolute Gasteiger partial charge is 0.375 e. The van der Waals surface area contributed by atoms with Gasteiger partial charge < -0.3 is 10.1 Å². The molecule has 4 nitrogen and oxygen atoms in total. The van der Waals surface area contributed by atoms with E-state index in [1.807, 2.05) is 0 Å². The SMILES string of the molecule is CCCc1nc(Cl)cc(NC2CCOC(C)(C)C2)n1. The van der Waals surface area contributed by atoms with Crippen molar-refractivity contribution in [3.05, 3.63) is 17.0 Å². The molecule has 1 aromatic rings. The summed E-state index contributed by atoms with van der Waals surface area (Å²) in [4.78, 5) is 8.75. The van der Waals surface area contributed by atoms with Gasteiger partial charge in [-0.05, 0) is 33.1 Å². The first-order valence-electron chi connectivity index (χ1n) is 6.92. The zero-order valence-electron chi connectivity index (χ0n) is 11.9. The Morgan fingerprint density at radius 1 is 1.47 bits per heavy atom. The molecule has 1 aliphatic heterocycles. The lowest BCUT2D eigenvalue weighted by atomic mass is 9.94. The molecule has 0 bridgehead atoms. The van der Waals surface area contributed by atoms with Crippen LogP contribution in [0.3, 0.4) is 0 Å². The van der Waals surface area contributed by atoms with E-state index in [4.69, 9.17) is 16.3 Å².